The van der Waals surface area contributed by atoms with E-state index in [1.165, 1.54) is 18.2 Å². The molecule has 0 aromatic heterocycles. The van der Waals surface area contributed by atoms with Crippen molar-refractivity contribution in [3.05, 3.63) is 71.8 Å². The molecule has 0 saturated heterocycles. The second-order valence-corrected chi connectivity index (χ2v) is 7.21. The fourth-order valence-electron chi connectivity index (χ4n) is 2.09. The molecule has 0 aliphatic carbocycles. The molecule has 0 bridgehead atoms. The van der Waals surface area contributed by atoms with Gasteiger partial charge in [0.1, 0.15) is 0 Å². The van der Waals surface area contributed by atoms with E-state index in [9.17, 15) is 22.8 Å². The highest BCUT2D eigenvalue weighted by molar-refractivity contribution is 7.65. The number of aliphatic hydroxyl groups is 1. The number of hydrogen-bond acceptors (Lipinski definition) is 3. The molecule has 126 valence electrons. The third-order valence-corrected chi connectivity index (χ3v) is 5.66. The van der Waals surface area contributed by atoms with E-state index in [4.69, 9.17) is 0 Å². The molecule has 0 heterocycles. The molecule has 2 atom stereocenters. The van der Waals surface area contributed by atoms with Gasteiger partial charge >= 0.3 is 13.5 Å². The Hall–Kier alpha value is -2.06. The van der Waals surface area contributed by atoms with E-state index in [1.807, 2.05) is 5.66 Å². The summed E-state index contributed by atoms with van der Waals surface area (Å²) in [6, 6.07) is 14.2. The summed E-state index contributed by atoms with van der Waals surface area (Å²) in [5.41, 5.74) is 1.78. The third kappa shape index (κ3) is 3.25. The summed E-state index contributed by atoms with van der Waals surface area (Å²) in [7, 11) is -4.03. The van der Waals surface area contributed by atoms with E-state index in [1.54, 1.807) is 30.3 Å². The van der Waals surface area contributed by atoms with Gasteiger partial charge in [-0.2, -0.15) is 13.2 Å². The molecule has 0 saturated carbocycles. The van der Waals surface area contributed by atoms with Gasteiger partial charge in [-0.05, 0) is 17.8 Å². The molecule has 0 spiro atoms. The molecular formula is C17H14F3O3P. The molecular weight excluding hydrogens is 340 g/mol. The van der Waals surface area contributed by atoms with Crippen LogP contribution in [0.4, 0.5) is 13.2 Å². The molecule has 3 nitrogen and oxygen atoms in total. The van der Waals surface area contributed by atoms with Crippen molar-refractivity contribution in [2.75, 3.05) is 7.11 Å². The highest BCUT2D eigenvalue weighted by Crippen LogP contribution is 2.67. The van der Waals surface area contributed by atoms with Gasteiger partial charge < -0.3 is 9.63 Å². The summed E-state index contributed by atoms with van der Waals surface area (Å²) >= 11 is 0. The highest BCUT2D eigenvalue weighted by atomic mass is 31.2. The Morgan fingerprint density at radius 3 is 1.96 bits per heavy atom. The summed E-state index contributed by atoms with van der Waals surface area (Å²) in [4.78, 5) is 0. The van der Waals surface area contributed by atoms with Crippen LogP contribution >= 0.6 is 7.37 Å². The Morgan fingerprint density at radius 2 is 1.50 bits per heavy atom. The average Bonchev–Trinajstić information content (AvgIpc) is 2.59. The smallest absolute Gasteiger partial charge is 0.367 e. The first-order valence-electron chi connectivity index (χ1n) is 6.83. The lowest BCUT2D eigenvalue weighted by atomic mass is 10.1. The van der Waals surface area contributed by atoms with Crippen LogP contribution < -0.4 is 0 Å². The van der Waals surface area contributed by atoms with Crippen molar-refractivity contribution >= 4 is 7.37 Å². The Balaban J connectivity index is 2.63. The topological polar surface area (TPSA) is 46.5 Å². The number of rotatable bonds is 3. The van der Waals surface area contributed by atoms with Crippen LogP contribution in [0.3, 0.4) is 0 Å². The molecule has 2 rings (SSSR count). The average molecular weight is 354 g/mol. The Kier molecular flexibility index (Phi) is 5.19. The number of benzene rings is 2. The van der Waals surface area contributed by atoms with Crippen LogP contribution in [-0.4, -0.2) is 18.4 Å². The standard InChI is InChI=1S/C17H14F3O3P/c1-23-24(22,13-12-14-8-4-2-5-9-14)16(21,17(18,19)20)15-10-6-3-7-11-15/h2-11,21H,1H3/t16-,24-/m0/s1. The van der Waals surface area contributed by atoms with Gasteiger partial charge in [0, 0.05) is 18.2 Å². The maximum Gasteiger partial charge on any atom is 0.431 e. The van der Waals surface area contributed by atoms with Gasteiger partial charge in [0.2, 0.25) is 0 Å². The van der Waals surface area contributed by atoms with E-state index < -0.39 is 24.5 Å². The van der Waals surface area contributed by atoms with E-state index in [2.05, 4.69) is 10.4 Å². The molecule has 0 amide bonds. The Bertz CT molecular complexity index is 795. The quantitative estimate of drug-likeness (QED) is 0.659. The Morgan fingerprint density at radius 1 is 1.00 bits per heavy atom. The fraction of sp³-hybridized carbons (Fsp3) is 0.176. The SMILES string of the molecule is CO[P@@](=O)(C#Cc1ccccc1)[C@@](O)(c1ccccc1)C(F)(F)F. The summed E-state index contributed by atoms with van der Waals surface area (Å²) < 4.78 is 58.4. The van der Waals surface area contributed by atoms with Crippen molar-refractivity contribution in [3.63, 3.8) is 0 Å². The summed E-state index contributed by atoms with van der Waals surface area (Å²) in [5.74, 6) is 2.39. The molecule has 0 unspecified atom stereocenters. The maximum absolute atomic E-state index is 13.6. The largest absolute Gasteiger partial charge is 0.431 e. The van der Waals surface area contributed by atoms with Crippen molar-refractivity contribution in [1.82, 2.24) is 0 Å². The zero-order valence-electron chi connectivity index (χ0n) is 12.6. The lowest BCUT2D eigenvalue weighted by Gasteiger charge is -2.33. The zero-order valence-corrected chi connectivity index (χ0v) is 13.5. The van der Waals surface area contributed by atoms with Crippen molar-refractivity contribution in [2.45, 2.75) is 11.5 Å². The normalized spacial score (nSPS) is 16.4. The number of halogens is 3. The molecule has 0 fully saturated rings. The minimum absolute atomic E-state index is 0.354. The zero-order chi connectivity index (χ0) is 17.8. The molecule has 1 N–H and O–H groups in total. The van der Waals surface area contributed by atoms with E-state index in [0.29, 0.717) is 5.56 Å². The lowest BCUT2D eigenvalue weighted by Crippen LogP contribution is -2.42. The second-order valence-electron chi connectivity index (χ2n) is 4.87. The van der Waals surface area contributed by atoms with Gasteiger partial charge in [-0.1, -0.05) is 54.5 Å². The summed E-state index contributed by atoms with van der Waals surface area (Å²) in [6.45, 7) is 0. The van der Waals surface area contributed by atoms with Gasteiger partial charge in [0.05, 0.1) is 0 Å². The van der Waals surface area contributed by atoms with Crippen molar-refractivity contribution in [2.24, 2.45) is 0 Å². The molecule has 2 aromatic rings. The van der Waals surface area contributed by atoms with Crippen molar-refractivity contribution < 1.29 is 27.4 Å². The van der Waals surface area contributed by atoms with Gasteiger partial charge in [-0.3, -0.25) is 4.57 Å². The van der Waals surface area contributed by atoms with Gasteiger partial charge in [-0.25, -0.2) is 0 Å². The summed E-state index contributed by atoms with van der Waals surface area (Å²) in [6.07, 6.45) is -5.24. The van der Waals surface area contributed by atoms with E-state index >= 15 is 0 Å². The van der Waals surface area contributed by atoms with Crippen LogP contribution in [0, 0.1) is 11.6 Å². The maximum atomic E-state index is 13.6. The third-order valence-electron chi connectivity index (χ3n) is 3.38. The monoisotopic (exact) mass is 354 g/mol. The van der Waals surface area contributed by atoms with Crippen LogP contribution in [-0.2, 0) is 14.4 Å². The predicted octanol–water partition coefficient (Wildman–Crippen LogP) is 4.33. The van der Waals surface area contributed by atoms with Crippen LogP contribution in [0.25, 0.3) is 0 Å². The number of alkyl halides is 3. The van der Waals surface area contributed by atoms with Gasteiger partial charge in [0.25, 0.3) is 5.34 Å². The first kappa shape index (κ1) is 18.3. The first-order valence-corrected chi connectivity index (χ1v) is 8.46. The first-order chi connectivity index (χ1) is 11.2. The second kappa shape index (κ2) is 6.82. The van der Waals surface area contributed by atoms with E-state index in [-0.39, 0.29) is 0 Å². The minimum Gasteiger partial charge on any atom is -0.367 e. The number of hydrogen-bond donors (Lipinski definition) is 1. The van der Waals surface area contributed by atoms with Gasteiger partial charge in [-0.15, -0.1) is 0 Å². The van der Waals surface area contributed by atoms with E-state index in [0.717, 1.165) is 19.2 Å². The van der Waals surface area contributed by atoms with Crippen LogP contribution in [0.2, 0.25) is 0 Å². The van der Waals surface area contributed by atoms with Crippen LogP contribution in [0.5, 0.6) is 0 Å². The van der Waals surface area contributed by atoms with Crippen LogP contribution in [0.1, 0.15) is 11.1 Å². The predicted molar refractivity (Wildman–Crippen MR) is 84.3 cm³/mol. The summed E-state index contributed by atoms with van der Waals surface area (Å²) in [5, 5.41) is 6.68. The molecule has 7 heteroatoms. The Labute approximate surface area is 137 Å². The highest BCUT2D eigenvalue weighted by Gasteiger charge is 2.67. The lowest BCUT2D eigenvalue weighted by molar-refractivity contribution is -0.231. The molecule has 0 radical (unpaired) electrons. The van der Waals surface area contributed by atoms with Gasteiger partial charge in [0.15, 0.2) is 0 Å². The molecule has 0 aliphatic rings. The van der Waals surface area contributed by atoms with Crippen molar-refractivity contribution in [1.29, 1.82) is 0 Å². The molecule has 0 aliphatic heterocycles. The van der Waals surface area contributed by atoms with Crippen molar-refractivity contribution in [3.8, 4) is 11.6 Å². The fourth-order valence-corrected chi connectivity index (χ4v) is 3.71. The molecule has 24 heavy (non-hydrogen) atoms. The minimum atomic E-state index is -5.24. The van der Waals surface area contributed by atoms with Crippen LogP contribution in [0.15, 0.2) is 60.7 Å². The molecule has 2 aromatic carbocycles.